The second kappa shape index (κ2) is 6.41. The first kappa shape index (κ1) is 15.1. The van der Waals surface area contributed by atoms with Crippen molar-refractivity contribution < 1.29 is 14.3 Å². The van der Waals surface area contributed by atoms with Crippen LogP contribution in [-0.4, -0.2) is 11.9 Å². The monoisotopic (exact) mass is 303 g/mol. The van der Waals surface area contributed by atoms with Gasteiger partial charge in [-0.1, -0.05) is 23.7 Å². The highest BCUT2D eigenvalue weighted by molar-refractivity contribution is 6.30. The Morgan fingerprint density at radius 2 is 1.86 bits per heavy atom. The van der Waals surface area contributed by atoms with E-state index in [-0.39, 0.29) is 11.7 Å². The van der Waals surface area contributed by atoms with Crippen LogP contribution >= 0.6 is 11.6 Å². The Hall–Kier alpha value is -2.33. The van der Waals surface area contributed by atoms with Gasteiger partial charge >= 0.3 is 5.97 Å². The third-order valence-corrected chi connectivity index (χ3v) is 3.06. The maximum Gasteiger partial charge on any atom is 0.308 e. The summed E-state index contributed by atoms with van der Waals surface area (Å²) >= 11 is 5.88. The van der Waals surface area contributed by atoms with Gasteiger partial charge in [0, 0.05) is 17.6 Å². The standard InChI is InChI=1S/C16H14ClNO3/c1-10-9-12(17)7-8-14(10)18-16(20)13-5-3-4-6-15(13)21-11(2)19/h3-9H,1-2H3,(H,18,20). The molecule has 0 bridgehead atoms. The first-order valence-electron chi connectivity index (χ1n) is 6.32. The zero-order chi connectivity index (χ0) is 15.4. The van der Waals surface area contributed by atoms with E-state index in [4.69, 9.17) is 16.3 Å². The van der Waals surface area contributed by atoms with Gasteiger partial charge in [-0.2, -0.15) is 0 Å². The number of nitrogens with one attached hydrogen (secondary N) is 1. The molecule has 2 aromatic rings. The number of esters is 1. The van der Waals surface area contributed by atoms with Gasteiger partial charge in [0.15, 0.2) is 0 Å². The molecular formula is C16H14ClNO3. The molecule has 0 aromatic heterocycles. The molecule has 0 fully saturated rings. The SMILES string of the molecule is CC(=O)Oc1ccccc1C(=O)Nc1ccc(Cl)cc1C. The summed E-state index contributed by atoms with van der Waals surface area (Å²) in [5.74, 6) is -0.593. The number of ether oxygens (including phenoxy) is 1. The average Bonchev–Trinajstić information content (AvgIpc) is 2.42. The molecule has 1 N–H and O–H groups in total. The summed E-state index contributed by atoms with van der Waals surface area (Å²) in [4.78, 5) is 23.4. The normalized spacial score (nSPS) is 10.0. The second-order valence-electron chi connectivity index (χ2n) is 4.50. The van der Waals surface area contributed by atoms with Gasteiger partial charge in [0.2, 0.25) is 0 Å². The van der Waals surface area contributed by atoms with Crippen molar-refractivity contribution >= 4 is 29.2 Å². The first-order valence-corrected chi connectivity index (χ1v) is 6.70. The number of benzene rings is 2. The maximum absolute atomic E-state index is 12.3. The molecule has 0 unspecified atom stereocenters. The van der Waals surface area contributed by atoms with Crippen molar-refractivity contribution in [3.05, 3.63) is 58.6 Å². The van der Waals surface area contributed by atoms with Gasteiger partial charge in [-0.15, -0.1) is 0 Å². The molecule has 0 spiro atoms. The van der Waals surface area contributed by atoms with Crippen molar-refractivity contribution in [3.63, 3.8) is 0 Å². The molecule has 21 heavy (non-hydrogen) atoms. The van der Waals surface area contributed by atoms with Gasteiger partial charge in [-0.05, 0) is 42.8 Å². The Labute approximate surface area is 127 Å². The predicted octanol–water partition coefficient (Wildman–Crippen LogP) is 3.83. The number of anilines is 1. The van der Waals surface area contributed by atoms with E-state index in [1.807, 2.05) is 6.92 Å². The van der Waals surface area contributed by atoms with Crippen molar-refractivity contribution in [3.8, 4) is 5.75 Å². The summed E-state index contributed by atoms with van der Waals surface area (Å²) < 4.78 is 5.03. The summed E-state index contributed by atoms with van der Waals surface area (Å²) in [6, 6.07) is 11.8. The largest absolute Gasteiger partial charge is 0.426 e. The van der Waals surface area contributed by atoms with Crippen LogP contribution in [0.5, 0.6) is 5.75 Å². The third kappa shape index (κ3) is 3.83. The Kier molecular flexibility index (Phi) is 4.60. The van der Waals surface area contributed by atoms with Crippen LogP contribution in [-0.2, 0) is 4.79 Å². The first-order chi connectivity index (χ1) is 9.97. The molecular weight excluding hydrogens is 290 g/mol. The van der Waals surface area contributed by atoms with Crippen molar-refractivity contribution in [2.45, 2.75) is 13.8 Å². The lowest BCUT2D eigenvalue weighted by molar-refractivity contribution is -0.131. The lowest BCUT2D eigenvalue weighted by Crippen LogP contribution is -2.15. The van der Waals surface area contributed by atoms with Gasteiger partial charge in [0.05, 0.1) is 5.56 Å². The molecule has 0 heterocycles. The van der Waals surface area contributed by atoms with Crippen LogP contribution in [0.2, 0.25) is 5.02 Å². The van der Waals surface area contributed by atoms with Crippen LogP contribution in [0.4, 0.5) is 5.69 Å². The summed E-state index contributed by atoms with van der Waals surface area (Å²) in [5, 5.41) is 3.38. The van der Waals surface area contributed by atoms with Gasteiger partial charge in [-0.3, -0.25) is 9.59 Å². The minimum absolute atomic E-state index is 0.231. The number of hydrogen-bond acceptors (Lipinski definition) is 3. The summed E-state index contributed by atoms with van der Waals surface area (Å²) in [7, 11) is 0. The van der Waals surface area contributed by atoms with E-state index < -0.39 is 5.97 Å². The Balaban J connectivity index is 2.26. The molecule has 2 rings (SSSR count). The zero-order valence-electron chi connectivity index (χ0n) is 11.6. The molecule has 0 atom stereocenters. The fourth-order valence-electron chi connectivity index (χ4n) is 1.86. The quantitative estimate of drug-likeness (QED) is 0.692. The van der Waals surface area contributed by atoms with Crippen LogP contribution < -0.4 is 10.1 Å². The summed E-state index contributed by atoms with van der Waals surface area (Å²) in [6.07, 6.45) is 0. The zero-order valence-corrected chi connectivity index (χ0v) is 12.4. The molecule has 0 radical (unpaired) electrons. The van der Waals surface area contributed by atoms with Gasteiger partial charge in [0.25, 0.3) is 5.91 Å². The number of amides is 1. The molecule has 4 nitrogen and oxygen atoms in total. The number of carbonyl (C=O) groups excluding carboxylic acids is 2. The fourth-order valence-corrected chi connectivity index (χ4v) is 2.08. The highest BCUT2D eigenvalue weighted by Crippen LogP contribution is 2.23. The van der Waals surface area contributed by atoms with Crippen molar-refractivity contribution in [1.29, 1.82) is 0 Å². The maximum atomic E-state index is 12.3. The number of para-hydroxylation sites is 1. The molecule has 0 aliphatic rings. The molecule has 2 aromatic carbocycles. The van der Waals surface area contributed by atoms with Gasteiger partial charge in [0.1, 0.15) is 5.75 Å². The van der Waals surface area contributed by atoms with Crippen molar-refractivity contribution in [1.82, 2.24) is 0 Å². The highest BCUT2D eigenvalue weighted by Gasteiger charge is 2.14. The second-order valence-corrected chi connectivity index (χ2v) is 4.94. The van der Waals surface area contributed by atoms with E-state index in [0.717, 1.165) is 5.56 Å². The Morgan fingerprint density at radius 3 is 2.52 bits per heavy atom. The highest BCUT2D eigenvalue weighted by atomic mass is 35.5. The van der Waals surface area contributed by atoms with Gasteiger partial charge in [-0.25, -0.2) is 0 Å². The van der Waals surface area contributed by atoms with E-state index in [1.54, 1.807) is 42.5 Å². The summed E-state index contributed by atoms with van der Waals surface area (Å²) in [6.45, 7) is 3.14. The molecule has 5 heteroatoms. The number of aryl methyl sites for hydroxylation is 1. The topological polar surface area (TPSA) is 55.4 Å². The molecule has 0 aliphatic carbocycles. The van der Waals surface area contributed by atoms with E-state index in [1.165, 1.54) is 6.92 Å². The Bertz CT molecular complexity index is 698. The lowest BCUT2D eigenvalue weighted by atomic mass is 10.1. The van der Waals surface area contributed by atoms with Crippen LogP contribution in [0, 0.1) is 6.92 Å². The van der Waals surface area contributed by atoms with Gasteiger partial charge < -0.3 is 10.1 Å². The number of rotatable bonds is 3. The molecule has 1 amide bonds. The average molecular weight is 304 g/mol. The fraction of sp³-hybridized carbons (Fsp3) is 0.125. The smallest absolute Gasteiger partial charge is 0.308 e. The number of halogens is 1. The lowest BCUT2D eigenvalue weighted by Gasteiger charge is -2.11. The third-order valence-electron chi connectivity index (χ3n) is 2.82. The van der Waals surface area contributed by atoms with E-state index in [2.05, 4.69) is 5.32 Å². The molecule has 0 saturated carbocycles. The van der Waals surface area contributed by atoms with Crippen LogP contribution in [0.25, 0.3) is 0 Å². The van der Waals surface area contributed by atoms with Crippen LogP contribution in [0.15, 0.2) is 42.5 Å². The molecule has 0 aliphatic heterocycles. The molecule has 108 valence electrons. The minimum atomic E-state index is -0.474. The molecule has 0 saturated heterocycles. The van der Waals surface area contributed by atoms with E-state index in [0.29, 0.717) is 16.3 Å². The van der Waals surface area contributed by atoms with E-state index in [9.17, 15) is 9.59 Å². The summed E-state index contributed by atoms with van der Waals surface area (Å²) in [5.41, 5.74) is 1.80. The number of hydrogen-bond donors (Lipinski definition) is 1. The Morgan fingerprint density at radius 1 is 1.14 bits per heavy atom. The van der Waals surface area contributed by atoms with Crippen molar-refractivity contribution in [2.75, 3.05) is 5.32 Å². The number of carbonyl (C=O) groups is 2. The predicted molar refractivity (Wildman–Crippen MR) is 81.9 cm³/mol. The van der Waals surface area contributed by atoms with Crippen molar-refractivity contribution in [2.24, 2.45) is 0 Å². The minimum Gasteiger partial charge on any atom is -0.426 e. The van der Waals surface area contributed by atoms with E-state index >= 15 is 0 Å². The van der Waals surface area contributed by atoms with Crippen LogP contribution in [0.3, 0.4) is 0 Å². The van der Waals surface area contributed by atoms with Crippen LogP contribution in [0.1, 0.15) is 22.8 Å².